The summed E-state index contributed by atoms with van der Waals surface area (Å²) in [4.78, 5) is 21.9. The van der Waals surface area contributed by atoms with Gasteiger partial charge in [-0.3, -0.25) is 14.4 Å². The van der Waals surface area contributed by atoms with Crippen LogP contribution in [0.2, 0.25) is 0 Å². The summed E-state index contributed by atoms with van der Waals surface area (Å²) in [6.07, 6.45) is -1.10. The molecule has 0 bridgehead atoms. The molecule has 172 valence electrons. The number of carboxylic acid groups (broad SMARTS) is 1. The SMILES string of the molecule is CC(=O)NCC1CN(S(=O)(=O)c2cccc(S(C)(=O)=O)c2)c2cc(NC(=O)O)ccc2O1. The molecule has 0 saturated carbocycles. The molecule has 2 amide bonds. The summed E-state index contributed by atoms with van der Waals surface area (Å²) >= 11 is 0. The molecule has 0 aromatic heterocycles. The second-order valence-corrected chi connectivity index (χ2v) is 11.0. The number of hydrogen-bond donors (Lipinski definition) is 3. The van der Waals surface area contributed by atoms with Crippen molar-refractivity contribution in [1.82, 2.24) is 5.32 Å². The summed E-state index contributed by atoms with van der Waals surface area (Å²) < 4.78 is 57.6. The number of carbonyl (C=O) groups excluding carboxylic acids is 1. The van der Waals surface area contributed by atoms with Gasteiger partial charge in [0.2, 0.25) is 5.91 Å². The van der Waals surface area contributed by atoms with Crippen LogP contribution in [0, 0.1) is 0 Å². The van der Waals surface area contributed by atoms with E-state index in [9.17, 15) is 26.4 Å². The van der Waals surface area contributed by atoms with Crippen molar-refractivity contribution < 1.29 is 36.3 Å². The van der Waals surface area contributed by atoms with Gasteiger partial charge in [-0.2, -0.15) is 0 Å². The van der Waals surface area contributed by atoms with Gasteiger partial charge in [-0.25, -0.2) is 21.6 Å². The van der Waals surface area contributed by atoms with Crippen LogP contribution in [-0.2, 0) is 24.7 Å². The first-order valence-electron chi connectivity index (χ1n) is 9.26. The smallest absolute Gasteiger partial charge is 0.409 e. The summed E-state index contributed by atoms with van der Waals surface area (Å²) in [6, 6.07) is 9.05. The van der Waals surface area contributed by atoms with Gasteiger partial charge >= 0.3 is 6.09 Å². The number of sulfonamides is 1. The molecule has 32 heavy (non-hydrogen) atoms. The summed E-state index contributed by atoms with van der Waals surface area (Å²) in [5, 5.41) is 13.7. The van der Waals surface area contributed by atoms with E-state index in [-0.39, 0.29) is 45.9 Å². The maximum atomic E-state index is 13.5. The summed E-state index contributed by atoms with van der Waals surface area (Å²) in [5.41, 5.74) is 0.185. The van der Waals surface area contributed by atoms with E-state index in [0.717, 1.165) is 16.6 Å². The first-order valence-corrected chi connectivity index (χ1v) is 12.6. The summed E-state index contributed by atoms with van der Waals surface area (Å²) in [5.74, 6) is -0.166. The zero-order valence-electron chi connectivity index (χ0n) is 17.1. The zero-order valence-corrected chi connectivity index (χ0v) is 18.7. The van der Waals surface area contributed by atoms with Gasteiger partial charge in [0.25, 0.3) is 10.0 Å². The van der Waals surface area contributed by atoms with Crippen LogP contribution in [0.1, 0.15) is 6.92 Å². The second kappa shape index (κ2) is 8.67. The highest BCUT2D eigenvalue weighted by atomic mass is 32.2. The lowest BCUT2D eigenvalue weighted by molar-refractivity contribution is -0.119. The minimum atomic E-state index is -4.27. The molecule has 3 rings (SSSR count). The van der Waals surface area contributed by atoms with Gasteiger partial charge in [0, 0.05) is 18.9 Å². The molecule has 0 aliphatic carbocycles. The maximum absolute atomic E-state index is 13.5. The molecule has 0 spiro atoms. The van der Waals surface area contributed by atoms with Crippen molar-refractivity contribution in [2.75, 3.05) is 29.0 Å². The number of hydrogen-bond acceptors (Lipinski definition) is 7. The monoisotopic (exact) mass is 483 g/mol. The second-order valence-electron chi connectivity index (χ2n) is 7.07. The third kappa shape index (κ3) is 5.11. The van der Waals surface area contributed by atoms with Gasteiger partial charge in [-0.1, -0.05) is 6.07 Å². The van der Waals surface area contributed by atoms with Crippen LogP contribution in [-0.4, -0.2) is 59.4 Å². The van der Waals surface area contributed by atoms with Gasteiger partial charge in [0.15, 0.2) is 9.84 Å². The Morgan fingerprint density at radius 3 is 2.44 bits per heavy atom. The maximum Gasteiger partial charge on any atom is 0.409 e. The van der Waals surface area contributed by atoms with Gasteiger partial charge in [-0.05, 0) is 36.4 Å². The number of fused-ring (bicyclic) bond motifs is 1. The highest BCUT2D eigenvalue weighted by Crippen LogP contribution is 2.39. The van der Waals surface area contributed by atoms with Crippen LogP contribution in [0.3, 0.4) is 0 Å². The van der Waals surface area contributed by atoms with Crippen LogP contribution < -0.4 is 19.7 Å². The standard InChI is InChI=1S/C19H21N3O8S2/c1-12(23)20-10-14-11-22(17-8-13(21-19(24)25)6-7-18(17)30-14)32(28,29)16-5-3-4-15(9-16)31(2,26)27/h3-9,14,21H,10-11H2,1-2H3,(H,20,23)(H,24,25). The van der Waals surface area contributed by atoms with Gasteiger partial charge < -0.3 is 15.2 Å². The van der Waals surface area contributed by atoms with Crippen molar-refractivity contribution in [2.45, 2.75) is 22.8 Å². The number of carbonyl (C=O) groups is 2. The third-order valence-electron chi connectivity index (χ3n) is 4.54. The fourth-order valence-corrected chi connectivity index (χ4v) is 5.38. The van der Waals surface area contributed by atoms with Crippen LogP contribution in [0.25, 0.3) is 0 Å². The summed E-state index contributed by atoms with van der Waals surface area (Å²) in [6.45, 7) is 1.14. The van der Waals surface area contributed by atoms with E-state index in [1.54, 1.807) is 0 Å². The number of nitrogens with one attached hydrogen (secondary N) is 2. The Morgan fingerprint density at radius 2 is 1.81 bits per heavy atom. The third-order valence-corrected chi connectivity index (χ3v) is 7.43. The van der Waals surface area contributed by atoms with E-state index in [2.05, 4.69) is 10.6 Å². The Kier molecular flexibility index (Phi) is 6.32. The van der Waals surface area contributed by atoms with E-state index in [4.69, 9.17) is 9.84 Å². The van der Waals surface area contributed by atoms with Crippen molar-refractivity contribution in [3.05, 3.63) is 42.5 Å². The number of ether oxygens (including phenoxy) is 1. The number of amides is 2. The minimum absolute atomic E-state index is 0.0271. The molecular weight excluding hydrogens is 462 g/mol. The van der Waals surface area contributed by atoms with E-state index < -0.39 is 32.1 Å². The Balaban J connectivity index is 2.09. The predicted molar refractivity (Wildman–Crippen MR) is 115 cm³/mol. The van der Waals surface area contributed by atoms with E-state index >= 15 is 0 Å². The molecule has 3 N–H and O–H groups in total. The average Bonchev–Trinajstić information content (AvgIpc) is 2.70. The predicted octanol–water partition coefficient (Wildman–Crippen LogP) is 1.27. The first-order chi connectivity index (χ1) is 14.9. The molecular formula is C19H21N3O8S2. The molecule has 2 aromatic carbocycles. The number of rotatable bonds is 6. The van der Waals surface area contributed by atoms with E-state index in [0.29, 0.717) is 0 Å². The molecule has 13 heteroatoms. The first kappa shape index (κ1) is 23.3. The van der Waals surface area contributed by atoms with Gasteiger partial charge in [0.1, 0.15) is 11.9 Å². The zero-order chi connectivity index (χ0) is 23.7. The molecule has 0 fully saturated rings. The Bertz CT molecular complexity index is 1280. The summed E-state index contributed by atoms with van der Waals surface area (Å²) in [7, 11) is -7.93. The van der Waals surface area contributed by atoms with Crippen molar-refractivity contribution in [3.8, 4) is 5.75 Å². The quantitative estimate of drug-likeness (QED) is 0.554. The van der Waals surface area contributed by atoms with Crippen LogP contribution in [0.15, 0.2) is 52.3 Å². The van der Waals surface area contributed by atoms with Gasteiger partial charge in [0.05, 0.1) is 28.6 Å². The lowest BCUT2D eigenvalue weighted by atomic mass is 10.2. The highest BCUT2D eigenvalue weighted by molar-refractivity contribution is 7.93. The highest BCUT2D eigenvalue weighted by Gasteiger charge is 2.35. The van der Waals surface area contributed by atoms with Crippen molar-refractivity contribution in [3.63, 3.8) is 0 Å². The number of anilines is 2. The Labute approximate surface area is 185 Å². The van der Waals surface area contributed by atoms with Crippen LogP contribution >= 0.6 is 0 Å². The molecule has 0 radical (unpaired) electrons. The largest absolute Gasteiger partial charge is 0.484 e. The molecule has 2 aromatic rings. The van der Waals surface area contributed by atoms with E-state index in [1.807, 2.05) is 0 Å². The van der Waals surface area contributed by atoms with Crippen molar-refractivity contribution >= 4 is 43.2 Å². The van der Waals surface area contributed by atoms with Crippen molar-refractivity contribution in [1.29, 1.82) is 0 Å². The topological polar surface area (TPSA) is 159 Å². The van der Waals surface area contributed by atoms with Gasteiger partial charge in [-0.15, -0.1) is 0 Å². The Morgan fingerprint density at radius 1 is 1.12 bits per heavy atom. The Hall–Kier alpha value is -3.32. The fraction of sp³-hybridized carbons (Fsp3) is 0.263. The molecule has 1 aliphatic heterocycles. The molecule has 1 atom stereocenters. The van der Waals surface area contributed by atoms with E-state index in [1.165, 1.54) is 43.3 Å². The average molecular weight is 484 g/mol. The lowest BCUT2D eigenvalue weighted by Gasteiger charge is -2.35. The normalized spacial score (nSPS) is 15.9. The molecule has 1 heterocycles. The molecule has 1 unspecified atom stereocenters. The molecule has 0 saturated heterocycles. The van der Waals surface area contributed by atoms with Crippen LogP contribution in [0.4, 0.5) is 16.2 Å². The number of nitrogens with zero attached hydrogens (tertiary/aromatic N) is 1. The molecule has 11 nitrogen and oxygen atoms in total. The minimum Gasteiger partial charge on any atom is -0.484 e. The molecule has 1 aliphatic rings. The lowest BCUT2D eigenvalue weighted by Crippen LogP contribution is -2.48. The number of benzene rings is 2. The number of sulfone groups is 1. The fourth-order valence-electron chi connectivity index (χ4n) is 3.10. The van der Waals surface area contributed by atoms with Crippen LogP contribution in [0.5, 0.6) is 5.75 Å². The van der Waals surface area contributed by atoms with Crippen molar-refractivity contribution in [2.24, 2.45) is 0 Å².